The summed E-state index contributed by atoms with van der Waals surface area (Å²) in [6.07, 6.45) is 2.49. The van der Waals surface area contributed by atoms with Crippen molar-refractivity contribution in [3.05, 3.63) is 35.9 Å². The lowest BCUT2D eigenvalue weighted by Crippen LogP contribution is -2.31. The lowest BCUT2D eigenvalue weighted by Gasteiger charge is -2.22. The van der Waals surface area contributed by atoms with Crippen molar-refractivity contribution >= 4 is 11.8 Å². The second-order valence-electron chi connectivity index (χ2n) is 5.65. The summed E-state index contributed by atoms with van der Waals surface area (Å²) in [6, 6.07) is 6.94. The first-order valence-electron chi connectivity index (χ1n) is 8.00. The summed E-state index contributed by atoms with van der Waals surface area (Å²) >= 11 is 1.70. The molecule has 0 bridgehead atoms. The van der Waals surface area contributed by atoms with Crippen LogP contribution in [0.5, 0.6) is 0 Å². The van der Waals surface area contributed by atoms with Gasteiger partial charge in [-0.15, -0.1) is 10.2 Å². The SMILES string of the molecule is CCN1CCCC1CSc1nnc(CN)n1-c1ccc(F)cc1. The van der Waals surface area contributed by atoms with Crippen LogP contribution in [0.3, 0.4) is 0 Å². The second kappa shape index (κ2) is 7.42. The number of rotatable bonds is 6. The van der Waals surface area contributed by atoms with Gasteiger partial charge in [0.1, 0.15) is 5.82 Å². The first-order valence-corrected chi connectivity index (χ1v) is 8.98. The smallest absolute Gasteiger partial charge is 0.195 e. The number of nitrogens with two attached hydrogens (primary N) is 1. The maximum Gasteiger partial charge on any atom is 0.195 e. The average molecular weight is 335 g/mol. The van der Waals surface area contributed by atoms with Crippen LogP contribution in [0.4, 0.5) is 4.39 Å². The van der Waals surface area contributed by atoms with Crippen LogP contribution in [0.2, 0.25) is 0 Å². The highest BCUT2D eigenvalue weighted by atomic mass is 32.2. The summed E-state index contributed by atoms with van der Waals surface area (Å²) in [6.45, 7) is 4.77. The quantitative estimate of drug-likeness (QED) is 0.822. The van der Waals surface area contributed by atoms with Gasteiger partial charge in [-0.2, -0.15) is 0 Å². The Labute approximate surface area is 140 Å². The monoisotopic (exact) mass is 335 g/mol. The summed E-state index contributed by atoms with van der Waals surface area (Å²) in [7, 11) is 0. The minimum Gasteiger partial charge on any atom is -0.324 e. The van der Waals surface area contributed by atoms with E-state index in [0.29, 0.717) is 18.4 Å². The third-order valence-corrected chi connectivity index (χ3v) is 5.35. The van der Waals surface area contributed by atoms with Gasteiger partial charge in [0.25, 0.3) is 0 Å². The van der Waals surface area contributed by atoms with E-state index in [1.807, 2.05) is 4.57 Å². The van der Waals surface area contributed by atoms with Crippen molar-refractivity contribution in [3.8, 4) is 5.69 Å². The molecule has 0 aliphatic carbocycles. The van der Waals surface area contributed by atoms with Gasteiger partial charge in [-0.3, -0.25) is 9.47 Å². The highest BCUT2D eigenvalue weighted by Gasteiger charge is 2.24. The summed E-state index contributed by atoms with van der Waals surface area (Å²) in [5, 5.41) is 9.28. The number of halogens is 1. The predicted octanol–water partition coefficient (Wildman–Crippen LogP) is 2.44. The Hall–Kier alpha value is -1.44. The number of nitrogens with zero attached hydrogens (tertiary/aromatic N) is 4. The molecule has 2 aromatic rings. The Morgan fingerprint density at radius 3 is 2.78 bits per heavy atom. The molecule has 23 heavy (non-hydrogen) atoms. The number of hydrogen-bond donors (Lipinski definition) is 1. The maximum atomic E-state index is 13.2. The molecule has 5 nitrogen and oxygen atoms in total. The van der Waals surface area contributed by atoms with Gasteiger partial charge in [0.2, 0.25) is 0 Å². The fourth-order valence-electron chi connectivity index (χ4n) is 3.05. The topological polar surface area (TPSA) is 60.0 Å². The highest BCUT2D eigenvalue weighted by Crippen LogP contribution is 2.27. The standard InChI is InChI=1S/C16H22FN5S/c1-2-21-9-3-4-14(21)11-23-16-20-19-15(10-18)22(16)13-7-5-12(17)6-8-13/h5-8,14H,2-4,9-11,18H2,1H3. The van der Waals surface area contributed by atoms with Gasteiger partial charge in [-0.05, 0) is 50.2 Å². The molecule has 0 radical (unpaired) electrons. The second-order valence-corrected chi connectivity index (χ2v) is 6.64. The molecule has 0 amide bonds. The van der Waals surface area contributed by atoms with E-state index >= 15 is 0 Å². The predicted molar refractivity (Wildman–Crippen MR) is 90.2 cm³/mol. The molecule has 1 aromatic heterocycles. The van der Waals surface area contributed by atoms with E-state index < -0.39 is 0 Å². The van der Waals surface area contributed by atoms with E-state index in [1.54, 1.807) is 23.9 Å². The molecule has 1 fully saturated rings. The molecular formula is C16H22FN5S. The number of hydrogen-bond acceptors (Lipinski definition) is 5. The lowest BCUT2D eigenvalue weighted by molar-refractivity contribution is 0.287. The van der Waals surface area contributed by atoms with E-state index in [2.05, 4.69) is 22.0 Å². The number of benzene rings is 1. The van der Waals surface area contributed by atoms with Crippen molar-refractivity contribution in [2.45, 2.75) is 37.5 Å². The largest absolute Gasteiger partial charge is 0.324 e. The van der Waals surface area contributed by atoms with Gasteiger partial charge >= 0.3 is 0 Å². The molecule has 2 heterocycles. The zero-order chi connectivity index (χ0) is 16.2. The number of aromatic nitrogens is 3. The Balaban J connectivity index is 1.79. The zero-order valence-electron chi connectivity index (χ0n) is 13.3. The van der Waals surface area contributed by atoms with Crippen LogP contribution < -0.4 is 5.73 Å². The third kappa shape index (κ3) is 3.57. The summed E-state index contributed by atoms with van der Waals surface area (Å²) < 4.78 is 15.1. The molecule has 1 unspecified atom stereocenters. The van der Waals surface area contributed by atoms with E-state index in [-0.39, 0.29) is 5.82 Å². The summed E-state index contributed by atoms with van der Waals surface area (Å²) in [5.41, 5.74) is 6.62. The van der Waals surface area contributed by atoms with Crippen LogP contribution in [0.15, 0.2) is 29.4 Å². The van der Waals surface area contributed by atoms with Crippen molar-refractivity contribution < 1.29 is 4.39 Å². The van der Waals surface area contributed by atoms with Crippen molar-refractivity contribution in [1.29, 1.82) is 0 Å². The molecule has 7 heteroatoms. The Morgan fingerprint density at radius 1 is 1.30 bits per heavy atom. The van der Waals surface area contributed by atoms with Crippen LogP contribution in [-0.4, -0.2) is 44.5 Å². The molecule has 0 spiro atoms. The first kappa shape index (κ1) is 16.4. The van der Waals surface area contributed by atoms with Gasteiger partial charge in [0.05, 0.1) is 6.54 Å². The van der Waals surface area contributed by atoms with Crippen LogP contribution in [0.25, 0.3) is 5.69 Å². The Kier molecular flexibility index (Phi) is 5.30. The molecule has 0 saturated carbocycles. The van der Waals surface area contributed by atoms with Gasteiger partial charge in [-0.1, -0.05) is 18.7 Å². The Morgan fingerprint density at radius 2 is 2.09 bits per heavy atom. The molecule has 1 atom stereocenters. The maximum absolute atomic E-state index is 13.2. The van der Waals surface area contributed by atoms with Crippen LogP contribution in [0, 0.1) is 5.82 Å². The molecule has 1 aromatic carbocycles. The molecule has 3 rings (SSSR count). The number of thioether (sulfide) groups is 1. The van der Waals surface area contributed by atoms with Gasteiger partial charge in [0, 0.05) is 17.5 Å². The van der Waals surface area contributed by atoms with Gasteiger partial charge < -0.3 is 5.73 Å². The lowest BCUT2D eigenvalue weighted by atomic mass is 10.2. The van der Waals surface area contributed by atoms with E-state index in [9.17, 15) is 4.39 Å². The minimum absolute atomic E-state index is 0.255. The first-order chi connectivity index (χ1) is 11.2. The summed E-state index contributed by atoms with van der Waals surface area (Å²) in [5.74, 6) is 1.42. The van der Waals surface area contributed by atoms with E-state index in [1.165, 1.54) is 31.5 Å². The van der Waals surface area contributed by atoms with E-state index in [0.717, 1.165) is 23.1 Å². The Bertz CT molecular complexity index is 642. The third-order valence-electron chi connectivity index (χ3n) is 4.28. The van der Waals surface area contributed by atoms with Crippen molar-refractivity contribution in [2.24, 2.45) is 5.73 Å². The van der Waals surface area contributed by atoms with Crippen LogP contribution >= 0.6 is 11.8 Å². The van der Waals surface area contributed by atoms with Crippen molar-refractivity contribution in [2.75, 3.05) is 18.8 Å². The molecule has 1 aliphatic heterocycles. The normalized spacial score (nSPS) is 18.7. The van der Waals surface area contributed by atoms with Crippen molar-refractivity contribution in [3.63, 3.8) is 0 Å². The molecule has 124 valence electrons. The minimum atomic E-state index is -0.255. The van der Waals surface area contributed by atoms with Crippen molar-refractivity contribution in [1.82, 2.24) is 19.7 Å². The number of likely N-dealkylation sites (tertiary alicyclic amines) is 1. The molecular weight excluding hydrogens is 313 g/mol. The van der Waals surface area contributed by atoms with Gasteiger partial charge in [-0.25, -0.2) is 4.39 Å². The summed E-state index contributed by atoms with van der Waals surface area (Å²) in [4.78, 5) is 2.51. The fraction of sp³-hybridized carbons (Fsp3) is 0.500. The average Bonchev–Trinajstić information content (AvgIpc) is 3.19. The molecule has 1 saturated heterocycles. The fourth-order valence-corrected chi connectivity index (χ4v) is 4.20. The highest BCUT2D eigenvalue weighted by molar-refractivity contribution is 7.99. The molecule has 1 aliphatic rings. The van der Waals surface area contributed by atoms with Crippen LogP contribution in [-0.2, 0) is 6.54 Å². The van der Waals surface area contributed by atoms with E-state index in [4.69, 9.17) is 5.73 Å². The van der Waals surface area contributed by atoms with Gasteiger partial charge in [0.15, 0.2) is 11.0 Å². The molecule has 2 N–H and O–H groups in total. The zero-order valence-corrected chi connectivity index (χ0v) is 14.1. The van der Waals surface area contributed by atoms with Crippen LogP contribution in [0.1, 0.15) is 25.6 Å².